The molecule has 3 aromatic rings. The van der Waals surface area contributed by atoms with Crippen LogP contribution in [0.25, 0.3) is 11.1 Å². The lowest BCUT2D eigenvalue weighted by Gasteiger charge is -1.99. The Bertz CT molecular complexity index is 838. The van der Waals surface area contributed by atoms with Crippen molar-refractivity contribution in [2.75, 3.05) is 5.73 Å². The van der Waals surface area contributed by atoms with Crippen LogP contribution in [0, 0.1) is 17.1 Å². The Morgan fingerprint density at radius 3 is 2.85 bits per heavy atom. The highest BCUT2D eigenvalue weighted by Gasteiger charge is 2.11. The predicted octanol–water partition coefficient (Wildman–Crippen LogP) is 3.57. The van der Waals surface area contributed by atoms with Crippen molar-refractivity contribution in [1.82, 2.24) is 4.98 Å². The molecular weight excluding hydrogens is 277 g/mol. The third kappa shape index (κ3) is 2.31. The highest BCUT2D eigenvalue weighted by Crippen LogP contribution is 2.32. The number of nitrogens with zero attached hydrogens (tertiary/aromatic N) is 2. The maximum Gasteiger partial charge on any atom is 0.261 e. The van der Waals surface area contributed by atoms with E-state index in [2.05, 4.69) is 4.98 Å². The van der Waals surface area contributed by atoms with Gasteiger partial charge in [0.1, 0.15) is 11.3 Å². The van der Waals surface area contributed by atoms with E-state index in [1.165, 1.54) is 12.1 Å². The number of nitrogen functional groups attached to an aromatic ring is 1. The Labute approximate surface area is 118 Å². The number of anilines is 1. The Kier molecular flexibility index (Phi) is 3.05. The van der Waals surface area contributed by atoms with Crippen molar-refractivity contribution in [3.8, 4) is 6.07 Å². The van der Waals surface area contributed by atoms with E-state index in [0.29, 0.717) is 26.9 Å². The van der Waals surface area contributed by atoms with Crippen molar-refractivity contribution in [1.29, 1.82) is 5.26 Å². The number of nitriles is 1. The zero-order valence-electron chi connectivity index (χ0n) is 10.1. The molecule has 0 spiro atoms. The van der Waals surface area contributed by atoms with Crippen LogP contribution in [-0.4, -0.2) is 4.98 Å². The van der Waals surface area contributed by atoms with Gasteiger partial charge in [-0.1, -0.05) is 0 Å². The lowest BCUT2D eigenvalue weighted by atomic mass is 10.2. The molecule has 0 bridgehead atoms. The first-order chi connectivity index (χ1) is 9.65. The molecule has 1 heterocycles. The molecule has 0 aliphatic heterocycles. The van der Waals surface area contributed by atoms with Crippen LogP contribution in [0.1, 0.15) is 5.56 Å². The summed E-state index contributed by atoms with van der Waals surface area (Å²) >= 11 is 1.06. The summed E-state index contributed by atoms with van der Waals surface area (Å²) in [7, 11) is 0. The van der Waals surface area contributed by atoms with Crippen LogP contribution < -0.4 is 5.73 Å². The van der Waals surface area contributed by atoms with Gasteiger partial charge in [0.05, 0.1) is 16.5 Å². The van der Waals surface area contributed by atoms with Gasteiger partial charge in [0.15, 0.2) is 5.58 Å². The molecule has 0 saturated carbocycles. The van der Waals surface area contributed by atoms with E-state index in [-0.39, 0.29) is 5.56 Å². The van der Waals surface area contributed by atoms with E-state index < -0.39 is 5.82 Å². The standard InChI is InChI=1S/C14H8FN3OS/c15-10-5-8(7-16)1-4-13(10)20-14-18-11-3-2-9(17)6-12(11)19-14/h1-6H,17H2. The number of hydrogen-bond acceptors (Lipinski definition) is 5. The van der Waals surface area contributed by atoms with E-state index in [0.717, 1.165) is 11.8 Å². The molecule has 2 N–H and O–H groups in total. The maximum absolute atomic E-state index is 13.8. The summed E-state index contributed by atoms with van der Waals surface area (Å²) in [5, 5.41) is 9.03. The number of aromatic nitrogens is 1. The smallest absolute Gasteiger partial charge is 0.261 e. The van der Waals surface area contributed by atoms with E-state index in [1.807, 2.05) is 6.07 Å². The van der Waals surface area contributed by atoms with E-state index >= 15 is 0 Å². The van der Waals surface area contributed by atoms with Gasteiger partial charge in [0.2, 0.25) is 0 Å². The summed E-state index contributed by atoms with van der Waals surface area (Å²) in [6.07, 6.45) is 0. The lowest BCUT2D eigenvalue weighted by molar-refractivity contribution is 0.488. The van der Waals surface area contributed by atoms with Crippen LogP contribution >= 0.6 is 11.8 Å². The third-order valence-electron chi connectivity index (χ3n) is 2.65. The first-order valence-electron chi connectivity index (χ1n) is 5.69. The molecule has 98 valence electrons. The highest BCUT2D eigenvalue weighted by molar-refractivity contribution is 7.99. The van der Waals surface area contributed by atoms with Gasteiger partial charge in [-0.05, 0) is 42.1 Å². The second kappa shape index (κ2) is 4.87. The third-order valence-corrected chi connectivity index (χ3v) is 3.55. The van der Waals surface area contributed by atoms with Crippen molar-refractivity contribution < 1.29 is 8.81 Å². The molecule has 4 nitrogen and oxygen atoms in total. The Balaban J connectivity index is 1.95. The minimum Gasteiger partial charge on any atom is -0.431 e. The van der Waals surface area contributed by atoms with Gasteiger partial charge in [-0.3, -0.25) is 0 Å². The summed E-state index contributed by atoms with van der Waals surface area (Å²) in [6, 6.07) is 11.3. The number of hydrogen-bond donors (Lipinski definition) is 1. The van der Waals surface area contributed by atoms with Gasteiger partial charge in [-0.25, -0.2) is 9.37 Å². The SMILES string of the molecule is N#Cc1ccc(Sc2nc3ccc(N)cc3o2)c(F)c1. The van der Waals surface area contributed by atoms with Crippen LogP contribution in [0.3, 0.4) is 0 Å². The molecule has 0 atom stereocenters. The largest absolute Gasteiger partial charge is 0.431 e. The normalized spacial score (nSPS) is 10.6. The monoisotopic (exact) mass is 285 g/mol. The van der Waals surface area contributed by atoms with Gasteiger partial charge in [-0.2, -0.15) is 5.26 Å². The Morgan fingerprint density at radius 1 is 1.25 bits per heavy atom. The minimum atomic E-state index is -0.476. The van der Waals surface area contributed by atoms with Crippen molar-refractivity contribution in [2.24, 2.45) is 0 Å². The van der Waals surface area contributed by atoms with E-state index in [1.54, 1.807) is 24.3 Å². The first kappa shape index (κ1) is 12.5. The fourth-order valence-electron chi connectivity index (χ4n) is 1.71. The first-order valence-corrected chi connectivity index (χ1v) is 6.51. The number of nitrogens with two attached hydrogens (primary N) is 1. The highest BCUT2D eigenvalue weighted by atomic mass is 32.2. The van der Waals surface area contributed by atoms with Crippen LogP contribution in [0.4, 0.5) is 10.1 Å². The van der Waals surface area contributed by atoms with Gasteiger partial charge in [-0.15, -0.1) is 0 Å². The average Bonchev–Trinajstić information content (AvgIpc) is 2.82. The summed E-state index contributed by atoms with van der Waals surface area (Å²) in [5.74, 6) is -0.476. The minimum absolute atomic E-state index is 0.275. The summed E-state index contributed by atoms with van der Waals surface area (Å²) in [4.78, 5) is 4.59. The summed E-state index contributed by atoms with van der Waals surface area (Å²) in [5.41, 5.74) is 7.73. The number of fused-ring (bicyclic) bond motifs is 1. The average molecular weight is 285 g/mol. The molecule has 1 aromatic heterocycles. The fourth-order valence-corrected chi connectivity index (χ4v) is 2.47. The Morgan fingerprint density at radius 2 is 2.10 bits per heavy atom. The van der Waals surface area contributed by atoms with E-state index in [9.17, 15) is 4.39 Å². The maximum atomic E-state index is 13.8. The van der Waals surface area contributed by atoms with Crippen molar-refractivity contribution in [3.63, 3.8) is 0 Å². The molecule has 0 unspecified atom stereocenters. The Hall–Kier alpha value is -2.52. The van der Waals surface area contributed by atoms with Crippen molar-refractivity contribution in [3.05, 3.63) is 47.8 Å². The topological polar surface area (TPSA) is 75.8 Å². The zero-order valence-corrected chi connectivity index (χ0v) is 10.9. The molecule has 0 amide bonds. The molecule has 6 heteroatoms. The molecule has 3 rings (SSSR count). The number of halogens is 1. The number of oxazole rings is 1. The van der Waals surface area contributed by atoms with Crippen molar-refractivity contribution >= 4 is 28.5 Å². The molecular formula is C14H8FN3OS. The van der Waals surface area contributed by atoms with Gasteiger partial charge >= 0.3 is 0 Å². The summed E-state index contributed by atoms with van der Waals surface area (Å²) in [6.45, 7) is 0. The van der Waals surface area contributed by atoms with Crippen LogP contribution in [0.5, 0.6) is 0 Å². The quantitative estimate of drug-likeness (QED) is 0.728. The van der Waals surface area contributed by atoms with Gasteiger partial charge < -0.3 is 10.2 Å². The lowest BCUT2D eigenvalue weighted by Crippen LogP contribution is -1.83. The van der Waals surface area contributed by atoms with Crippen LogP contribution in [-0.2, 0) is 0 Å². The van der Waals surface area contributed by atoms with Gasteiger partial charge in [0, 0.05) is 11.8 Å². The molecule has 0 saturated heterocycles. The molecule has 0 aliphatic carbocycles. The van der Waals surface area contributed by atoms with Crippen molar-refractivity contribution in [2.45, 2.75) is 10.1 Å². The van der Waals surface area contributed by atoms with Gasteiger partial charge in [0.25, 0.3) is 5.22 Å². The molecule has 2 aromatic carbocycles. The predicted molar refractivity (Wildman–Crippen MR) is 73.7 cm³/mol. The van der Waals surface area contributed by atoms with E-state index in [4.69, 9.17) is 15.4 Å². The van der Waals surface area contributed by atoms with Crippen LogP contribution in [0.2, 0.25) is 0 Å². The zero-order chi connectivity index (χ0) is 14.1. The molecule has 0 aliphatic rings. The second-order valence-electron chi connectivity index (χ2n) is 4.07. The second-order valence-corrected chi connectivity index (χ2v) is 5.06. The fraction of sp³-hybridized carbons (Fsp3) is 0. The number of benzene rings is 2. The van der Waals surface area contributed by atoms with Crippen LogP contribution in [0.15, 0.2) is 50.9 Å². The molecule has 20 heavy (non-hydrogen) atoms. The number of rotatable bonds is 2. The molecule has 0 radical (unpaired) electrons. The summed E-state index contributed by atoms with van der Waals surface area (Å²) < 4.78 is 19.3. The molecule has 0 fully saturated rings.